The van der Waals surface area contributed by atoms with Crippen molar-refractivity contribution in [3.8, 4) is 0 Å². The maximum atomic E-state index is 11.6. The van der Waals surface area contributed by atoms with Gasteiger partial charge in [-0.3, -0.25) is 0 Å². The standard InChI is InChI=1S/C11H14N2O2S/c1-3-4-5-12-11-13-9-8(10(14)15-11)6-7(2)16-9/h6H,3-5H2,1-2H3,(H,12,13). The maximum Gasteiger partial charge on any atom is 0.349 e. The van der Waals surface area contributed by atoms with Crippen LogP contribution in [0.15, 0.2) is 15.3 Å². The van der Waals surface area contributed by atoms with E-state index in [4.69, 9.17) is 4.42 Å². The molecule has 0 aliphatic carbocycles. The zero-order valence-electron chi connectivity index (χ0n) is 9.37. The van der Waals surface area contributed by atoms with Crippen molar-refractivity contribution >= 4 is 27.6 Å². The molecule has 0 radical (unpaired) electrons. The highest BCUT2D eigenvalue weighted by atomic mass is 32.1. The Hall–Kier alpha value is -1.36. The molecule has 2 aromatic heterocycles. The fraction of sp³-hybridized carbons (Fsp3) is 0.455. The van der Waals surface area contributed by atoms with Crippen LogP contribution < -0.4 is 10.9 Å². The number of nitrogens with zero attached hydrogens (tertiary/aromatic N) is 1. The van der Waals surface area contributed by atoms with Crippen molar-refractivity contribution in [1.82, 2.24) is 4.98 Å². The highest BCUT2D eigenvalue weighted by molar-refractivity contribution is 7.18. The number of nitrogens with one attached hydrogen (secondary N) is 1. The van der Waals surface area contributed by atoms with Gasteiger partial charge in [0.1, 0.15) is 4.83 Å². The van der Waals surface area contributed by atoms with Crippen LogP contribution in [0.5, 0.6) is 0 Å². The highest BCUT2D eigenvalue weighted by Gasteiger charge is 2.08. The summed E-state index contributed by atoms with van der Waals surface area (Å²) in [5.41, 5.74) is -0.312. The van der Waals surface area contributed by atoms with Gasteiger partial charge < -0.3 is 9.73 Å². The summed E-state index contributed by atoms with van der Waals surface area (Å²) in [5, 5.41) is 3.59. The van der Waals surface area contributed by atoms with Gasteiger partial charge in [0.15, 0.2) is 0 Å². The second-order valence-corrected chi connectivity index (χ2v) is 4.90. The molecule has 86 valence electrons. The minimum atomic E-state index is -0.312. The van der Waals surface area contributed by atoms with Gasteiger partial charge in [0.25, 0.3) is 6.01 Å². The molecule has 2 aromatic rings. The molecule has 0 saturated heterocycles. The summed E-state index contributed by atoms with van der Waals surface area (Å²) < 4.78 is 5.08. The van der Waals surface area contributed by atoms with Gasteiger partial charge in [-0.1, -0.05) is 13.3 Å². The zero-order chi connectivity index (χ0) is 11.5. The van der Waals surface area contributed by atoms with E-state index in [-0.39, 0.29) is 5.63 Å². The number of rotatable bonds is 4. The van der Waals surface area contributed by atoms with Crippen LogP contribution in [0.3, 0.4) is 0 Å². The topological polar surface area (TPSA) is 55.1 Å². The van der Waals surface area contributed by atoms with Crippen molar-refractivity contribution in [2.24, 2.45) is 0 Å². The third-order valence-electron chi connectivity index (χ3n) is 2.25. The van der Waals surface area contributed by atoms with Crippen molar-refractivity contribution in [2.75, 3.05) is 11.9 Å². The van der Waals surface area contributed by atoms with E-state index in [1.165, 1.54) is 11.3 Å². The molecule has 0 amide bonds. The number of aromatic nitrogens is 1. The largest absolute Gasteiger partial charge is 0.389 e. The molecule has 5 heteroatoms. The maximum absolute atomic E-state index is 11.6. The second-order valence-electron chi connectivity index (χ2n) is 3.66. The lowest BCUT2D eigenvalue weighted by Gasteiger charge is -2.01. The normalized spacial score (nSPS) is 10.9. The lowest BCUT2D eigenvalue weighted by Crippen LogP contribution is -2.07. The number of hydrogen-bond acceptors (Lipinski definition) is 5. The van der Waals surface area contributed by atoms with Gasteiger partial charge in [0.05, 0.1) is 5.39 Å². The summed E-state index contributed by atoms with van der Waals surface area (Å²) in [4.78, 5) is 17.7. The van der Waals surface area contributed by atoms with Gasteiger partial charge in [-0.2, -0.15) is 4.98 Å². The molecular formula is C11H14N2O2S. The number of fused-ring (bicyclic) bond motifs is 1. The Bertz CT molecular complexity index is 544. The van der Waals surface area contributed by atoms with Crippen molar-refractivity contribution < 1.29 is 4.42 Å². The van der Waals surface area contributed by atoms with Gasteiger partial charge in [-0.05, 0) is 19.4 Å². The first-order chi connectivity index (χ1) is 7.70. The van der Waals surface area contributed by atoms with E-state index >= 15 is 0 Å². The van der Waals surface area contributed by atoms with Crippen molar-refractivity contribution in [1.29, 1.82) is 0 Å². The summed E-state index contributed by atoms with van der Waals surface area (Å²) in [6, 6.07) is 2.14. The second kappa shape index (κ2) is 4.65. The fourth-order valence-electron chi connectivity index (χ4n) is 1.44. The summed E-state index contributed by atoms with van der Waals surface area (Å²) in [7, 11) is 0. The van der Waals surface area contributed by atoms with Crippen molar-refractivity contribution in [3.05, 3.63) is 21.4 Å². The van der Waals surface area contributed by atoms with Gasteiger partial charge in [-0.15, -0.1) is 11.3 Å². The third-order valence-corrected chi connectivity index (χ3v) is 3.20. The Labute approximate surface area is 97.3 Å². The predicted octanol–water partition coefficient (Wildman–Crippen LogP) is 2.77. The Balaban J connectivity index is 2.30. The highest BCUT2D eigenvalue weighted by Crippen LogP contribution is 2.21. The first-order valence-corrected chi connectivity index (χ1v) is 6.17. The monoisotopic (exact) mass is 238 g/mol. The average molecular weight is 238 g/mol. The summed E-state index contributed by atoms with van der Waals surface area (Å²) in [6.07, 6.45) is 2.13. The molecule has 2 rings (SSSR count). The van der Waals surface area contributed by atoms with Crippen molar-refractivity contribution in [3.63, 3.8) is 0 Å². The predicted molar refractivity (Wildman–Crippen MR) is 66.3 cm³/mol. The molecular weight excluding hydrogens is 224 g/mol. The van der Waals surface area contributed by atoms with Crippen LogP contribution in [0, 0.1) is 6.92 Å². The van der Waals surface area contributed by atoms with Gasteiger partial charge >= 0.3 is 5.63 Å². The Morgan fingerprint density at radius 3 is 3.12 bits per heavy atom. The lowest BCUT2D eigenvalue weighted by molar-refractivity contribution is 0.516. The van der Waals surface area contributed by atoms with Crippen LogP contribution in [0.1, 0.15) is 24.6 Å². The number of hydrogen-bond donors (Lipinski definition) is 1. The molecule has 0 aliphatic rings. The van der Waals surface area contributed by atoms with E-state index in [1.54, 1.807) is 0 Å². The summed E-state index contributed by atoms with van der Waals surface area (Å²) in [6.45, 7) is 4.84. The number of thiophene rings is 1. The first kappa shape index (κ1) is 11.1. The van der Waals surface area contributed by atoms with Crippen LogP contribution in [0.4, 0.5) is 6.01 Å². The SMILES string of the molecule is CCCCNc1nc2sc(C)cc2c(=O)o1. The number of anilines is 1. The van der Waals surface area contributed by atoms with E-state index in [1.807, 2.05) is 13.0 Å². The van der Waals surface area contributed by atoms with Crippen LogP contribution in [0.25, 0.3) is 10.2 Å². The molecule has 0 saturated carbocycles. The third kappa shape index (κ3) is 2.24. The van der Waals surface area contributed by atoms with E-state index < -0.39 is 0 Å². The van der Waals surface area contributed by atoms with Crippen LogP contribution >= 0.6 is 11.3 Å². The summed E-state index contributed by atoms with van der Waals surface area (Å²) in [5.74, 6) is 0. The van der Waals surface area contributed by atoms with E-state index in [9.17, 15) is 4.79 Å². The molecule has 0 aliphatic heterocycles. The molecule has 4 nitrogen and oxygen atoms in total. The van der Waals surface area contributed by atoms with Gasteiger partial charge in [-0.25, -0.2) is 4.79 Å². The van der Waals surface area contributed by atoms with E-state index in [0.717, 1.165) is 29.1 Å². The zero-order valence-corrected chi connectivity index (χ0v) is 10.2. The molecule has 0 fully saturated rings. The minimum absolute atomic E-state index is 0.312. The lowest BCUT2D eigenvalue weighted by atomic mass is 10.3. The molecule has 0 unspecified atom stereocenters. The number of aryl methyl sites for hydroxylation is 1. The quantitative estimate of drug-likeness (QED) is 0.832. The Morgan fingerprint density at radius 1 is 1.56 bits per heavy atom. The van der Waals surface area contributed by atoms with E-state index in [0.29, 0.717) is 11.4 Å². The first-order valence-electron chi connectivity index (χ1n) is 5.36. The molecule has 16 heavy (non-hydrogen) atoms. The average Bonchev–Trinajstić information content (AvgIpc) is 2.60. The van der Waals surface area contributed by atoms with Crippen molar-refractivity contribution in [2.45, 2.75) is 26.7 Å². The van der Waals surface area contributed by atoms with Crippen LogP contribution in [0.2, 0.25) is 0 Å². The molecule has 0 aromatic carbocycles. The molecule has 2 heterocycles. The molecule has 0 atom stereocenters. The molecule has 1 N–H and O–H groups in total. The Kier molecular flexibility index (Phi) is 3.24. The van der Waals surface area contributed by atoms with E-state index in [2.05, 4.69) is 17.2 Å². The smallest absolute Gasteiger partial charge is 0.349 e. The van der Waals surface area contributed by atoms with Crippen LogP contribution in [-0.2, 0) is 0 Å². The van der Waals surface area contributed by atoms with Gasteiger partial charge in [0, 0.05) is 11.4 Å². The minimum Gasteiger partial charge on any atom is -0.389 e. The fourth-order valence-corrected chi connectivity index (χ4v) is 2.30. The molecule has 0 spiro atoms. The summed E-state index contributed by atoms with van der Waals surface area (Å²) >= 11 is 1.51. The van der Waals surface area contributed by atoms with Gasteiger partial charge in [0.2, 0.25) is 0 Å². The molecule has 0 bridgehead atoms. The number of unbranched alkanes of at least 4 members (excludes halogenated alkanes) is 1. The van der Waals surface area contributed by atoms with Crippen LogP contribution in [-0.4, -0.2) is 11.5 Å². The Morgan fingerprint density at radius 2 is 2.38 bits per heavy atom.